The number of carbonyl (C=O) groups excluding carboxylic acids is 1. The maximum absolute atomic E-state index is 12.4. The van der Waals surface area contributed by atoms with E-state index in [2.05, 4.69) is 34.6 Å². The molecule has 3 aliphatic carbocycles. The lowest BCUT2D eigenvalue weighted by molar-refractivity contribution is -0.137. The fourth-order valence-corrected chi connectivity index (χ4v) is 7.32. The van der Waals surface area contributed by atoms with Gasteiger partial charge in [0.05, 0.1) is 0 Å². The molecule has 0 aromatic heterocycles. The first-order valence-electron chi connectivity index (χ1n) is 10.2. The van der Waals surface area contributed by atoms with Gasteiger partial charge in [-0.1, -0.05) is 41.0 Å². The van der Waals surface area contributed by atoms with E-state index in [9.17, 15) is 4.79 Å². The molecule has 1 unspecified atom stereocenters. The lowest BCUT2D eigenvalue weighted by atomic mass is 9.46. The van der Waals surface area contributed by atoms with E-state index >= 15 is 0 Å². The number of carbonyl (C=O) groups is 1. The van der Waals surface area contributed by atoms with Crippen LogP contribution in [0.25, 0.3) is 0 Å². The topological polar surface area (TPSA) is 17.1 Å². The van der Waals surface area contributed by atoms with Crippen molar-refractivity contribution in [1.29, 1.82) is 0 Å². The van der Waals surface area contributed by atoms with Crippen molar-refractivity contribution in [2.24, 2.45) is 46.3 Å². The molecule has 3 aliphatic rings. The van der Waals surface area contributed by atoms with Crippen molar-refractivity contribution in [2.45, 2.75) is 86.5 Å². The largest absolute Gasteiger partial charge is 0.300 e. The summed E-state index contributed by atoms with van der Waals surface area (Å²) < 4.78 is 0. The van der Waals surface area contributed by atoms with Gasteiger partial charge in [0.25, 0.3) is 0 Å². The molecule has 0 aromatic carbocycles. The standard InChI is InChI=1S/C22H38O/c1-14-7-9-17-13-20-15(2)8-10-19(16(3)23)22(20,6)12-11-18(14)21(17,4)5/h14-15,17-20H,7-13H2,1-6H3/t14-,15-,17+,18+,19?,20-,22-/m1/s1. The fourth-order valence-electron chi connectivity index (χ4n) is 7.32. The van der Waals surface area contributed by atoms with Crippen LogP contribution in [-0.4, -0.2) is 5.78 Å². The minimum atomic E-state index is 0.257. The van der Waals surface area contributed by atoms with Gasteiger partial charge < -0.3 is 0 Å². The summed E-state index contributed by atoms with van der Waals surface area (Å²) in [6.45, 7) is 14.4. The average Bonchev–Trinajstić information content (AvgIpc) is 2.43. The number of ketones is 1. The maximum atomic E-state index is 12.4. The Morgan fingerprint density at radius 1 is 0.870 bits per heavy atom. The van der Waals surface area contributed by atoms with Crippen molar-refractivity contribution in [2.75, 3.05) is 0 Å². The van der Waals surface area contributed by atoms with Gasteiger partial charge in [-0.25, -0.2) is 0 Å². The molecule has 3 fully saturated rings. The van der Waals surface area contributed by atoms with Crippen LogP contribution >= 0.6 is 0 Å². The summed E-state index contributed by atoms with van der Waals surface area (Å²) >= 11 is 0. The summed E-state index contributed by atoms with van der Waals surface area (Å²) in [7, 11) is 0. The molecule has 0 N–H and O–H groups in total. The number of hydrogen-bond acceptors (Lipinski definition) is 1. The van der Waals surface area contributed by atoms with Crippen molar-refractivity contribution < 1.29 is 4.79 Å². The molecular weight excluding hydrogens is 280 g/mol. The Bertz CT molecular complexity index is 465. The van der Waals surface area contributed by atoms with E-state index in [-0.39, 0.29) is 5.41 Å². The normalized spacial score (nSPS) is 49.7. The monoisotopic (exact) mass is 318 g/mol. The van der Waals surface area contributed by atoms with Crippen molar-refractivity contribution in [3.05, 3.63) is 0 Å². The Morgan fingerprint density at radius 2 is 1.48 bits per heavy atom. The molecule has 1 nitrogen and oxygen atoms in total. The van der Waals surface area contributed by atoms with Crippen LogP contribution in [0.5, 0.6) is 0 Å². The summed E-state index contributed by atoms with van der Waals surface area (Å²) in [4.78, 5) is 12.4. The maximum Gasteiger partial charge on any atom is 0.133 e. The second-order valence-electron chi connectivity index (χ2n) is 10.3. The van der Waals surface area contributed by atoms with Crippen LogP contribution in [0.15, 0.2) is 0 Å². The molecule has 132 valence electrons. The molecule has 0 aromatic rings. The SMILES string of the molecule is CC(=O)C1CC[C@@H](C)[C@H]2C[C@@H]3CC[C@@H](C)[C@H](CC[C@]12C)C3(C)C. The predicted molar refractivity (Wildman–Crippen MR) is 97.2 cm³/mol. The molecule has 3 saturated carbocycles. The molecule has 7 atom stereocenters. The van der Waals surface area contributed by atoms with Crippen LogP contribution in [0, 0.1) is 46.3 Å². The minimum absolute atomic E-state index is 0.257. The minimum Gasteiger partial charge on any atom is -0.300 e. The average molecular weight is 319 g/mol. The van der Waals surface area contributed by atoms with E-state index in [1.807, 2.05) is 6.92 Å². The lowest BCUT2D eigenvalue weighted by Gasteiger charge is -2.58. The highest BCUT2D eigenvalue weighted by Gasteiger charge is 2.54. The van der Waals surface area contributed by atoms with E-state index in [1.165, 1.54) is 38.5 Å². The van der Waals surface area contributed by atoms with E-state index in [4.69, 9.17) is 0 Å². The summed E-state index contributed by atoms with van der Waals surface area (Å²) in [5.41, 5.74) is 0.745. The van der Waals surface area contributed by atoms with Gasteiger partial charge in [-0.05, 0) is 85.9 Å². The quantitative estimate of drug-likeness (QED) is 0.569. The Labute approximate surface area is 144 Å². The van der Waals surface area contributed by atoms with Crippen LogP contribution in [0.2, 0.25) is 0 Å². The zero-order chi connectivity index (χ0) is 17.0. The Balaban J connectivity index is 1.97. The van der Waals surface area contributed by atoms with Crippen molar-refractivity contribution in [1.82, 2.24) is 0 Å². The molecule has 2 bridgehead atoms. The summed E-state index contributed by atoms with van der Waals surface area (Å²) in [6, 6.07) is 0. The molecule has 0 heterocycles. The molecule has 0 amide bonds. The Kier molecular flexibility index (Phi) is 4.47. The molecule has 0 spiro atoms. The zero-order valence-electron chi connectivity index (χ0n) is 16.3. The first-order chi connectivity index (χ1) is 10.7. The predicted octanol–water partition coefficient (Wildman–Crippen LogP) is 6.12. The van der Waals surface area contributed by atoms with Gasteiger partial charge in [0, 0.05) is 5.92 Å². The molecule has 3 rings (SSSR count). The highest BCUT2D eigenvalue weighted by atomic mass is 16.1. The summed E-state index contributed by atoms with van der Waals surface area (Å²) in [5.74, 6) is 4.90. The first-order valence-corrected chi connectivity index (χ1v) is 10.2. The lowest BCUT2D eigenvalue weighted by Crippen LogP contribution is -2.52. The first kappa shape index (κ1) is 17.5. The van der Waals surface area contributed by atoms with Gasteiger partial charge in [-0.3, -0.25) is 4.79 Å². The zero-order valence-corrected chi connectivity index (χ0v) is 16.3. The second kappa shape index (κ2) is 5.88. The van der Waals surface area contributed by atoms with E-state index < -0.39 is 0 Å². The van der Waals surface area contributed by atoms with Gasteiger partial charge in [0.1, 0.15) is 5.78 Å². The number of fused-ring (bicyclic) bond motifs is 3. The highest BCUT2D eigenvalue weighted by Crippen LogP contribution is 2.61. The summed E-state index contributed by atoms with van der Waals surface area (Å²) in [5, 5.41) is 0. The van der Waals surface area contributed by atoms with Crippen molar-refractivity contribution in [3.8, 4) is 0 Å². The molecular formula is C22H38O. The second-order valence-corrected chi connectivity index (χ2v) is 10.3. The van der Waals surface area contributed by atoms with Crippen LogP contribution in [0.4, 0.5) is 0 Å². The highest BCUT2D eigenvalue weighted by molar-refractivity contribution is 5.79. The number of hydrogen-bond donors (Lipinski definition) is 0. The van der Waals surface area contributed by atoms with Crippen LogP contribution in [-0.2, 0) is 4.79 Å². The third-order valence-electron chi connectivity index (χ3n) is 8.93. The van der Waals surface area contributed by atoms with Crippen molar-refractivity contribution >= 4 is 5.78 Å². The smallest absolute Gasteiger partial charge is 0.133 e. The third-order valence-corrected chi connectivity index (χ3v) is 8.93. The molecule has 0 saturated heterocycles. The number of rotatable bonds is 1. The fraction of sp³-hybridized carbons (Fsp3) is 0.955. The van der Waals surface area contributed by atoms with Gasteiger partial charge in [0.2, 0.25) is 0 Å². The van der Waals surface area contributed by atoms with E-state index in [0.29, 0.717) is 17.1 Å². The van der Waals surface area contributed by atoms with Crippen LogP contribution in [0.3, 0.4) is 0 Å². The molecule has 0 aliphatic heterocycles. The molecule has 1 heteroatoms. The Hall–Kier alpha value is -0.330. The van der Waals surface area contributed by atoms with Gasteiger partial charge >= 0.3 is 0 Å². The molecule has 0 radical (unpaired) electrons. The van der Waals surface area contributed by atoms with Gasteiger partial charge in [-0.15, -0.1) is 0 Å². The molecule has 23 heavy (non-hydrogen) atoms. The van der Waals surface area contributed by atoms with Crippen LogP contribution < -0.4 is 0 Å². The number of Topliss-reactive ketones (excluding diaryl/α,β-unsaturated/α-hetero) is 1. The summed E-state index contributed by atoms with van der Waals surface area (Å²) in [6.07, 6.45) is 9.22. The van der Waals surface area contributed by atoms with Gasteiger partial charge in [-0.2, -0.15) is 0 Å². The van der Waals surface area contributed by atoms with E-state index in [1.54, 1.807) is 0 Å². The van der Waals surface area contributed by atoms with Gasteiger partial charge in [0.15, 0.2) is 0 Å². The Morgan fingerprint density at radius 3 is 2.13 bits per heavy atom. The van der Waals surface area contributed by atoms with Crippen molar-refractivity contribution in [3.63, 3.8) is 0 Å². The van der Waals surface area contributed by atoms with E-state index in [0.717, 1.165) is 36.0 Å². The third kappa shape index (κ3) is 2.71. The van der Waals surface area contributed by atoms with Crippen LogP contribution in [0.1, 0.15) is 86.5 Å².